The summed E-state index contributed by atoms with van der Waals surface area (Å²) in [6.45, 7) is 0. The van der Waals surface area contributed by atoms with Gasteiger partial charge in [-0.05, 0) is 42.5 Å². The third-order valence-corrected chi connectivity index (χ3v) is 7.44. The molecule has 8 heteroatoms. The van der Waals surface area contributed by atoms with Gasteiger partial charge in [0.15, 0.2) is 0 Å². The van der Waals surface area contributed by atoms with Crippen LogP contribution in [0.25, 0.3) is 65.4 Å². The maximum absolute atomic E-state index is 4.42. The van der Waals surface area contributed by atoms with Crippen molar-refractivity contribution in [1.82, 2.24) is 29.9 Å². The van der Waals surface area contributed by atoms with Gasteiger partial charge in [0.2, 0.25) is 0 Å². The van der Waals surface area contributed by atoms with E-state index in [1.165, 1.54) is 0 Å². The predicted octanol–water partition coefficient (Wildman–Crippen LogP) is 8.39. The average Bonchev–Trinajstić information content (AvgIpc) is 3.11. The normalized spacial score (nSPS) is 10.6. The summed E-state index contributed by atoms with van der Waals surface area (Å²) < 4.78 is 0. The molecule has 0 saturated carbocycles. The third-order valence-electron chi connectivity index (χ3n) is 7.44. The fourth-order valence-corrected chi connectivity index (χ4v) is 5.33. The van der Waals surface area contributed by atoms with E-state index in [0.29, 0.717) is 0 Å². The minimum absolute atomic E-state index is 0. The number of pyridine rings is 6. The SMILES string of the molecule is CNc1ccnc2c1ccc1cccnc12.[Ru].c1cnc2c(c1)ccc1cccnc12.c1cnc2c(c1)ccc1cccnc12. The summed E-state index contributed by atoms with van der Waals surface area (Å²) in [5.74, 6) is 0. The first-order valence-electron chi connectivity index (χ1n) is 14.3. The Morgan fingerprint density at radius 1 is 0.356 bits per heavy atom. The zero-order valence-electron chi connectivity index (χ0n) is 24.3. The molecule has 0 unspecified atom stereocenters. The zero-order valence-corrected chi connectivity index (χ0v) is 26.1. The molecule has 0 saturated heterocycles. The minimum atomic E-state index is 0. The van der Waals surface area contributed by atoms with Gasteiger partial charge in [0.25, 0.3) is 0 Å². The number of hydrogen-bond donors (Lipinski definition) is 1. The Kier molecular flexibility index (Phi) is 8.85. The molecule has 3 aromatic carbocycles. The third kappa shape index (κ3) is 6.01. The van der Waals surface area contributed by atoms with Crippen molar-refractivity contribution in [1.29, 1.82) is 0 Å². The molecule has 0 aliphatic rings. The van der Waals surface area contributed by atoms with Crippen LogP contribution in [0.4, 0.5) is 5.69 Å². The van der Waals surface area contributed by atoms with Crippen LogP contribution in [0.5, 0.6) is 0 Å². The molecule has 1 N–H and O–H groups in total. The summed E-state index contributed by atoms with van der Waals surface area (Å²) in [5.41, 5.74) is 6.90. The summed E-state index contributed by atoms with van der Waals surface area (Å²) in [6, 6.07) is 34.4. The Bertz CT molecular complexity index is 2190. The second-order valence-corrected chi connectivity index (χ2v) is 10.1. The van der Waals surface area contributed by atoms with Crippen LogP contribution in [0.3, 0.4) is 0 Å². The molecule has 9 rings (SSSR count). The van der Waals surface area contributed by atoms with Crippen molar-refractivity contribution in [2.24, 2.45) is 0 Å². The largest absolute Gasteiger partial charge is 0.388 e. The van der Waals surface area contributed by atoms with E-state index in [-0.39, 0.29) is 19.5 Å². The monoisotopic (exact) mass is 671 g/mol. The summed E-state index contributed by atoms with van der Waals surface area (Å²) >= 11 is 0. The number of hydrogen-bond acceptors (Lipinski definition) is 7. The summed E-state index contributed by atoms with van der Waals surface area (Å²) in [6.07, 6.45) is 10.8. The smallest absolute Gasteiger partial charge is 0.0985 e. The molecular weight excluding hydrogens is 644 g/mol. The molecule has 0 atom stereocenters. The molecule has 0 aliphatic carbocycles. The molecule has 45 heavy (non-hydrogen) atoms. The van der Waals surface area contributed by atoms with E-state index in [0.717, 1.165) is 71.1 Å². The van der Waals surface area contributed by atoms with Crippen molar-refractivity contribution in [2.75, 3.05) is 12.4 Å². The first kappa shape index (κ1) is 29.6. The second-order valence-electron chi connectivity index (χ2n) is 10.1. The maximum atomic E-state index is 4.42. The maximum Gasteiger partial charge on any atom is 0.0985 e. The molecular formula is C37H27N7Ru. The average molecular weight is 671 g/mol. The van der Waals surface area contributed by atoms with Gasteiger partial charge >= 0.3 is 0 Å². The van der Waals surface area contributed by atoms with Crippen molar-refractivity contribution >= 4 is 71.1 Å². The molecule has 0 aliphatic heterocycles. The zero-order chi connectivity index (χ0) is 29.7. The topological polar surface area (TPSA) is 89.4 Å². The Balaban J connectivity index is 0.000000118. The molecule has 0 bridgehead atoms. The minimum Gasteiger partial charge on any atom is -0.388 e. The quantitative estimate of drug-likeness (QED) is 0.139. The van der Waals surface area contributed by atoms with Gasteiger partial charge < -0.3 is 5.32 Å². The van der Waals surface area contributed by atoms with Gasteiger partial charge in [0.05, 0.1) is 33.1 Å². The van der Waals surface area contributed by atoms with Gasteiger partial charge in [-0.1, -0.05) is 60.7 Å². The van der Waals surface area contributed by atoms with Crippen LogP contribution >= 0.6 is 0 Å². The van der Waals surface area contributed by atoms with Crippen LogP contribution < -0.4 is 5.32 Å². The second kappa shape index (κ2) is 13.5. The van der Waals surface area contributed by atoms with E-state index >= 15 is 0 Å². The van der Waals surface area contributed by atoms with Crippen LogP contribution in [0, 0.1) is 0 Å². The first-order valence-corrected chi connectivity index (χ1v) is 14.3. The standard InChI is InChI=1S/C13H11N3.2C12H8N2.Ru/c1-14-11-6-8-16-13-10(11)5-4-9-3-2-7-15-12(9)13;2*1-3-9-5-6-10-4-2-8-14-12(10)11(9)13-7-1;/h2-8H,1H3,(H,14,16);2*1-8H;. The Morgan fingerprint density at radius 3 is 1.02 bits per heavy atom. The summed E-state index contributed by atoms with van der Waals surface area (Å²) in [7, 11) is 1.91. The molecule has 218 valence electrons. The van der Waals surface area contributed by atoms with E-state index in [1.807, 2.05) is 49.6 Å². The van der Waals surface area contributed by atoms with Gasteiger partial charge in [-0.15, -0.1) is 0 Å². The van der Waals surface area contributed by atoms with Gasteiger partial charge in [0, 0.05) is 102 Å². The number of benzene rings is 3. The Labute approximate surface area is 272 Å². The number of nitrogens with one attached hydrogen (secondary N) is 1. The van der Waals surface area contributed by atoms with Crippen molar-refractivity contribution < 1.29 is 19.5 Å². The number of fused-ring (bicyclic) bond motifs is 9. The number of nitrogens with zero attached hydrogens (tertiary/aromatic N) is 6. The predicted molar refractivity (Wildman–Crippen MR) is 181 cm³/mol. The molecule has 0 spiro atoms. The summed E-state index contributed by atoms with van der Waals surface area (Å²) in [5, 5.41) is 9.95. The van der Waals surface area contributed by atoms with Crippen LogP contribution in [0.2, 0.25) is 0 Å². The van der Waals surface area contributed by atoms with Crippen LogP contribution in [-0.2, 0) is 19.5 Å². The fraction of sp³-hybridized carbons (Fsp3) is 0.0270. The molecule has 0 amide bonds. The fourth-order valence-electron chi connectivity index (χ4n) is 5.33. The number of anilines is 1. The van der Waals surface area contributed by atoms with Crippen LogP contribution in [-0.4, -0.2) is 37.0 Å². The molecule has 0 radical (unpaired) electrons. The molecule has 7 nitrogen and oxygen atoms in total. The van der Waals surface area contributed by atoms with E-state index in [2.05, 4.69) is 102 Å². The van der Waals surface area contributed by atoms with E-state index < -0.39 is 0 Å². The molecule has 9 aromatic rings. The van der Waals surface area contributed by atoms with Gasteiger partial charge in [0.1, 0.15) is 0 Å². The van der Waals surface area contributed by atoms with E-state index in [4.69, 9.17) is 0 Å². The van der Waals surface area contributed by atoms with Gasteiger partial charge in [-0.3, -0.25) is 29.9 Å². The van der Waals surface area contributed by atoms with Crippen molar-refractivity contribution in [3.63, 3.8) is 0 Å². The van der Waals surface area contributed by atoms with Crippen LogP contribution in [0.15, 0.2) is 140 Å². The number of aromatic nitrogens is 6. The summed E-state index contributed by atoms with van der Waals surface area (Å²) in [4.78, 5) is 26.2. The van der Waals surface area contributed by atoms with Crippen molar-refractivity contribution in [3.05, 3.63) is 140 Å². The number of rotatable bonds is 1. The van der Waals surface area contributed by atoms with Crippen molar-refractivity contribution in [3.8, 4) is 0 Å². The molecule has 6 heterocycles. The van der Waals surface area contributed by atoms with Crippen molar-refractivity contribution in [2.45, 2.75) is 0 Å². The Hall–Kier alpha value is -5.46. The molecule has 6 aromatic heterocycles. The van der Waals surface area contributed by atoms with E-state index in [1.54, 1.807) is 31.0 Å². The van der Waals surface area contributed by atoms with Crippen LogP contribution in [0.1, 0.15) is 0 Å². The Morgan fingerprint density at radius 2 is 0.667 bits per heavy atom. The van der Waals surface area contributed by atoms with Gasteiger partial charge in [-0.25, -0.2) is 0 Å². The van der Waals surface area contributed by atoms with E-state index in [9.17, 15) is 0 Å². The van der Waals surface area contributed by atoms with Gasteiger partial charge in [-0.2, -0.15) is 0 Å². The first-order chi connectivity index (χ1) is 21.8. The molecule has 0 fully saturated rings.